The van der Waals surface area contributed by atoms with Crippen LogP contribution in [0.25, 0.3) is 21.5 Å². The number of hydrogen-bond donors (Lipinski definition) is 0. The second-order valence-electron chi connectivity index (χ2n) is 9.20. The van der Waals surface area contributed by atoms with Crippen molar-refractivity contribution in [2.24, 2.45) is 0 Å². The highest BCUT2D eigenvalue weighted by Crippen LogP contribution is 2.41. The third kappa shape index (κ3) is 2.95. The first-order valence-electron chi connectivity index (χ1n) is 12.0. The maximum Gasteiger partial charge on any atom is 0.277 e. The van der Waals surface area contributed by atoms with E-state index in [2.05, 4.69) is 0 Å². The van der Waals surface area contributed by atoms with Crippen molar-refractivity contribution in [1.82, 2.24) is 0 Å². The molecule has 0 atom stereocenters. The molecule has 5 aromatic carbocycles. The minimum atomic E-state index is -0.654. The smallest absolute Gasteiger partial charge is 0.268 e. The fraction of sp³-hybridized carbons (Fsp3) is 0. The minimum Gasteiger partial charge on any atom is -0.268 e. The second kappa shape index (κ2) is 7.90. The Bertz CT molecular complexity index is 1940. The molecule has 2 aliphatic rings. The summed E-state index contributed by atoms with van der Waals surface area (Å²) in [5.74, 6) is -2.34. The molecule has 7 rings (SSSR count). The van der Waals surface area contributed by atoms with Crippen molar-refractivity contribution in [3.05, 3.63) is 123 Å². The molecule has 0 spiro atoms. The predicted molar refractivity (Wildman–Crippen MR) is 143 cm³/mol. The van der Waals surface area contributed by atoms with Gasteiger partial charge >= 0.3 is 0 Å². The highest BCUT2D eigenvalue weighted by atomic mass is 16.6. The van der Waals surface area contributed by atoms with Gasteiger partial charge in [0.1, 0.15) is 0 Å². The Morgan fingerprint density at radius 2 is 1.03 bits per heavy atom. The maximum absolute atomic E-state index is 13.8. The Morgan fingerprint density at radius 1 is 0.513 bits per heavy atom. The third-order valence-electron chi connectivity index (χ3n) is 7.22. The SMILES string of the molecule is O=C1c2cccc3c(N4C(=O)c5cccc6c([N+](=O)[O-])ccc(c56)C4=O)ccc(c23)C(=O)N1c1ccccc1. The van der Waals surface area contributed by atoms with Gasteiger partial charge in [-0.25, -0.2) is 9.80 Å². The van der Waals surface area contributed by atoms with Crippen LogP contribution in [0.3, 0.4) is 0 Å². The van der Waals surface area contributed by atoms with E-state index in [1.807, 2.05) is 0 Å². The van der Waals surface area contributed by atoms with E-state index >= 15 is 0 Å². The van der Waals surface area contributed by atoms with Crippen LogP contribution in [0.5, 0.6) is 0 Å². The van der Waals surface area contributed by atoms with Crippen LogP contribution >= 0.6 is 0 Å². The van der Waals surface area contributed by atoms with Crippen molar-refractivity contribution in [3.8, 4) is 0 Å². The van der Waals surface area contributed by atoms with E-state index in [0.29, 0.717) is 16.5 Å². The molecular formula is C30H15N3O6. The number of anilines is 2. The van der Waals surface area contributed by atoms with Gasteiger partial charge in [0, 0.05) is 44.5 Å². The summed E-state index contributed by atoms with van der Waals surface area (Å²) in [7, 11) is 0. The van der Waals surface area contributed by atoms with Crippen LogP contribution in [0.15, 0.2) is 91.0 Å². The van der Waals surface area contributed by atoms with Crippen molar-refractivity contribution >= 4 is 62.2 Å². The van der Waals surface area contributed by atoms with E-state index in [4.69, 9.17) is 0 Å². The molecular weight excluding hydrogens is 498 g/mol. The van der Waals surface area contributed by atoms with Gasteiger partial charge in [0.05, 0.1) is 21.7 Å². The van der Waals surface area contributed by atoms with Gasteiger partial charge in [-0.3, -0.25) is 29.3 Å². The molecule has 0 unspecified atom stereocenters. The summed E-state index contributed by atoms with van der Waals surface area (Å²) in [6, 6.07) is 23.7. The molecule has 0 N–H and O–H groups in total. The molecule has 0 saturated carbocycles. The monoisotopic (exact) mass is 513 g/mol. The topological polar surface area (TPSA) is 118 Å². The molecule has 0 radical (unpaired) electrons. The van der Waals surface area contributed by atoms with Crippen LogP contribution in [-0.2, 0) is 0 Å². The van der Waals surface area contributed by atoms with Crippen molar-refractivity contribution in [2.75, 3.05) is 9.80 Å². The molecule has 5 aromatic rings. The summed E-state index contributed by atoms with van der Waals surface area (Å²) in [6.45, 7) is 0. The number of carbonyl (C=O) groups excluding carboxylic acids is 4. The number of para-hydroxylation sites is 1. The van der Waals surface area contributed by atoms with Gasteiger partial charge in [-0.2, -0.15) is 0 Å². The fourth-order valence-electron chi connectivity index (χ4n) is 5.55. The summed E-state index contributed by atoms with van der Waals surface area (Å²) in [6.07, 6.45) is 0. The number of rotatable bonds is 3. The average Bonchev–Trinajstić information content (AvgIpc) is 2.95. The first kappa shape index (κ1) is 22.5. The predicted octanol–water partition coefficient (Wildman–Crippen LogP) is 5.50. The number of nitrogens with zero attached hydrogens (tertiary/aromatic N) is 3. The first-order chi connectivity index (χ1) is 18.9. The van der Waals surface area contributed by atoms with Crippen LogP contribution in [0.1, 0.15) is 41.4 Å². The number of hydrogen-bond acceptors (Lipinski definition) is 6. The highest BCUT2D eigenvalue weighted by Gasteiger charge is 2.39. The van der Waals surface area contributed by atoms with Crippen LogP contribution in [0, 0.1) is 10.1 Å². The largest absolute Gasteiger partial charge is 0.277 e. The van der Waals surface area contributed by atoms with Gasteiger partial charge in [0.15, 0.2) is 0 Å². The van der Waals surface area contributed by atoms with Gasteiger partial charge in [-0.1, -0.05) is 36.4 Å². The van der Waals surface area contributed by atoms with E-state index < -0.39 is 28.6 Å². The molecule has 2 aliphatic heterocycles. The molecule has 0 fully saturated rings. The summed E-state index contributed by atoms with van der Waals surface area (Å²) in [5.41, 5.74) is 1.26. The molecule has 39 heavy (non-hydrogen) atoms. The number of carbonyl (C=O) groups is 4. The van der Waals surface area contributed by atoms with E-state index in [1.165, 1.54) is 42.5 Å². The number of nitro groups is 1. The molecule has 4 amide bonds. The zero-order valence-electron chi connectivity index (χ0n) is 20.0. The lowest BCUT2D eigenvalue weighted by Crippen LogP contribution is -2.42. The third-order valence-corrected chi connectivity index (χ3v) is 7.22. The number of amides is 4. The van der Waals surface area contributed by atoms with Crippen molar-refractivity contribution in [3.63, 3.8) is 0 Å². The molecule has 0 aliphatic carbocycles. The number of nitro benzene ring substituents is 1. The Labute approximate surface area is 219 Å². The maximum atomic E-state index is 13.8. The van der Waals surface area contributed by atoms with E-state index in [-0.39, 0.29) is 44.4 Å². The standard InChI is InChI=1S/C30H15N3O6/c34-27-19-10-4-8-17-23(14-12-21(25(17)19)28(35)31(27)16-6-2-1-3-7-16)32-29(36)20-11-5-9-18-24(33(38)39)15-13-22(26(18)20)30(32)37/h1-15H. The van der Waals surface area contributed by atoms with Crippen LogP contribution < -0.4 is 9.80 Å². The Balaban J connectivity index is 1.43. The van der Waals surface area contributed by atoms with Gasteiger partial charge in [0.2, 0.25) is 0 Å². The lowest BCUT2D eigenvalue weighted by molar-refractivity contribution is -0.383. The molecule has 2 heterocycles. The van der Waals surface area contributed by atoms with Gasteiger partial charge in [0.25, 0.3) is 29.3 Å². The minimum absolute atomic E-state index is 0.147. The number of imide groups is 2. The quantitative estimate of drug-likeness (QED) is 0.179. The second-order valence-corrected chi connectivity index (χ2v) is 9.20. The van der Waals surface area contributed by atoms with Crippen LogP contribution in [0.2, 0.25) is 0 Å². The van der Waals surface area contributed by atoms with E-state index in [1.54, 1.807) is 48.5 Å². The van der Waals surface area contributed by atoms with Crippen molar-refractivity contribution in [2.45, 2.75) is 0 Å². The Kier molecular flexibility index (Phi) is 4.55. The zero-order chi connectivity index (χ0) is 27.0. The van der Waals surface area contributed by atoms with Crippen LogP contribution in [-0.4, -0.2) is 28.6 Å². The summed E-state index contributed by atoms with van der Waals surface area (Å²) >= 11 is 0. The normalized spacial score (nSPS) is 14.5. The van der Waals surface area contributed by atoms with Gasteiger partial charge < -0.3 is 0 Å². The van der Waals surface area contributed by atoms with Gasteiger partial charge in [-0.15, -0.1) is 0 Å². The van der Waals surface area contributed by atoms with E-state index in [9.17, 15) is 29.3 Å². The van der Waals surface area contributed by atoms with E-state index in [0.717, 1.165) is 9.80 Å². The molecule has 0 bridgehead atoms. The van der Waals surface area contributed by atoms with Gasteiger partial charge in [-0.05, 0) is 48.5 Å². The first-order valence-corrected chi connectivity index (χ1v) is 12.0. The Hall–Kier alpha value is -5.70. The lowest BCUT2D eigenvalue weighted by atomic mass is 9.90. The van der Waals surface area contributed by atoms with Crippen LogP contribution in [0.4, 0.5) is 17.1 Å². The molecule has 0 saturated heterocycles. The number of non-ortho nitro benzene ring substituents is 1. The molecule has 9 nitrogen and oxygen atoms in total. The highest BCUT2D eigenvalue weighted by molar-refractivity contribution is 6.40. The summed E-state index contributed by atoms with van der Waals surface area (Å²) < 4.78 is 0. The molecule has 9 heteroatoms. The fourth-order valence-corrected chi connectivity index (χ4v) is 5.55. The average molecular weight is 513 g/mol. The van der Waals surface area contributed by atoms with Crippen molar-refractivity contribution < 1.29 is 24.1 Å². The number of benzene rings is 5. The molecule has 0 aromatic heterocycles. The Morgan fingerprint density at radius 3 is 1.64 bits per heavy atom. The summed E-state index contributed by atoms with van der Waals surface area (Å²) in [5, 5.41) is 12.7. The zero-order valence-corrected chi connectivity index (χ0v) is 20.0. The summed E-state index contributed by atoms with van der Waals surface area (Å²) in [4.78, 5) is 67.7. The van der Waals surface area contributed by atoms with Crippen molar-refractivity contribution in [1.29, 1.82) is 0 Å². The molecule has 186 valence electrons. The lowest BCUT2D eigenvalue weighted by Gasteiger charge is -2.31.